The Morgan fingerprint density at radius 1 is 1.25 bits per heavy atom. The fourth-order valence-electron chi connectivity index (χ4n) is 4.09. The number of carboxylic acid groups (broad SMARTS) is 1. The molecule has 0 fully saturated rings. The van der Waals surface area contributed by atoms with E-state index in [1.165, 1.54) is 28.1 Å². The fraction of sp³-hybridized carbons (Fsp3) is 0.400. The van der Waals surface area contributed by atoms with Crippen molar-refractivity contribution in [2.45, 2.75) is 51.2 Å². The number of aliphatic carboxylic acids is 1. The summed E-state index contributed by atoms with van der Waals surface area (Å²) in [5, 5.41) is 25.0. The third-order valence-corrected chi connectivity index (χ3v) is 5.33. The Labute approximate surface area is 161 Å². The molecule has 0 radical (unpaired) electrons. The van der Waals surface area contributed by atoms with E-state index in [4.69, 9.17) is 10.00 Å². The Bertz CT molecular complexity index is 957. The number of benzene rings is 1. The van der Waals surface area contributed by atoms with Crippen LogP contribution in [0.5, 0.6) is 0 Å². The van der Waals surface area contributed by atoms with Gasteiger partial charge in [0, 0.05) is 6.20 Å². The van der Waals surface area contributed by atoms with Gasteiger partial charge in [0.15, 0.2) is 5.69 Å². The summed E-state index contributed by atoms with van der Waals surface area (Å²) >= 11 is 0. The molecule has 0 saturated heterocycles. The average molecular weight is 380 g/mol. The monoisotopic (exact) mass is 380 g/mol. The van der Waals surface area contributed by atoms with Crippen LogP contribution in [-0.2, 0) is 41.8 Å². The molecule has 1 heterocycles. The van der Waals surface area contributed by atoms with Crippen molar-refractivity contribution >= 4 is 17.7 Å². The van der Waals surface area contributed by atoms with Crippen LogP contribution < -0.4 is 5.32 Å². The Kier molecular flexibility index (Phi) is 4.74. The largest absolute Gasteiger partial charge is 0.478 e. The predicted octanol–water partition coefficient (Wildman–Crippen LogP) is 2.43. The van der Waals surface area contributed by atoms with Gasteiger partial charge in [-0.25, -0.2) is 9.59 Å². The highest BCUT2D eigenvalue weighted by atomic mass is 16.6. The summed E-state index contributed by atoms with van der Waals surface area (Å²) in [6.07, 6.45) is 5.23. The van der Waals surface area contributed by atoms with E-state index in [-0.39, 0.29) is 12.2 Å². The van der Waals surface area contributed by atoms with Crippen molar-refractivity contribution in [2.24, 2.45) is 0 Å². The number of carbonyl (C=O) groups is 2. The third-order valence-electron chi connectivity index (χ3n) is 5.33. The quantitative estimate of drug-likeness (QED) is 0.823. The van der Waals surface area contributed by atoms with Gasteiger partial charge in [0.25, 0.3) is 0 Å². The van der Waals surface area contributed by atoms with E-state index in [1.807, 2.05) is 6.07 Å². The zero-order valence-electron chi connectivity index (χ0n) is 15.3. The summed E-state index contributed by atoms with van der Waals surface area (Å²) in [4.78, 5) is 24.0. The van der Waals surface area contributed by atoms with E-state index >= 15 is 0 Å². The number of nitrogens with zero attached hydrogens (tertiary/aromatic N) is 3. The first-order valence-electron chi connectivity index (χ1n) is 9.35. The van der Waals surface area contributed by atoms with E-state index in [0.29, 0.717) is 0 Å². The highest BCUT2D eigenvalue weighted by Crippen LogP contribution is 2.38. The average Bonchev–Trinajstić information content (AvgIpc) is 3.40. The molecule has 2 aliphatic rings. The van der Waals surface area contributed by atoms with Crippen LogP contribution in [-0.4, -0.2) is 33.1 Å². The van der Waals surface area contributed by atoms with Gasteiger partial charge in [0.1, 0.15) is 6.07 Å². The van der Waals surface area contributed by atoms with Crippen LogP contribution in [0.25, 0.3) is 0 Å². The number of nitrogens with one attached hydrogen (secondary N) is 1. The van der Waals surface area contributed by atoms with E-state index in [1.54, 1.807) is 0 Å². The summed E-state index contributed by atoms with van der Waals surface area (Å²) in [6.45, 7) is -0.171. The Hall–Kier alpha value is -3.34. The van der Waals surface area contributed by atoms with Crippen LogP contribution in [0.1, 0.15) is 40.8 Å². The van der Waals surface area contributed by atoms with Gasteiger partial charge >= 0.3 is 12.1 Å². The van der Waals surface area contributed by atoms with Gasteiger partial charge in [-0.05, 0) is 66.8 Å². The molecule has 0 bridgehead atoms. The van der Waals surface area contributed by atoms with Crippen molar-refractivity contribution in [1.82, 2.24) is 9.78 Å². The molecule has 4 rings (SSSR count). The number of fused-ring (bicyclic) bond motifs is 2. The maximum absolute atomic E-state index is 12.5. The summed E-state index contributed by atoms with van der Waals surface area (Å²) in [7, 11) is 0. The summed E-state index contributed by atoms with van der Waals surface area (Å²) < 4.78 is 6.47. The summed E-state index contributed by atoms with van der Waals surface area (Å²) in [5.74, 6) is -1.27. The maximum Gasteiger partial charge on any atom is 0.412 e. The number of carboxylic acids is 1. The molecule has 0 aliphatic heterocycles. The lowest BCUT2D eigenvalue weighted by molar-refractivity contribution is -0.147. The summed E-state index contributed by atoms with van der Waals surface area (Å²) in [6, 6.07) is 5.59. The van der Waals surface area contributed by atoms with Gasteiger partial charge in [0.05, 0.1) is 12.2 Å². The number of hydrogen-bond donors (Lipinski definition) is 2. The highest BCUT2D eigenvalue weighted by Gasteiger charge is 2.28. The molecule has 2 aliphatic carbocycles. The number of aromatic nitrogens is 2. The lowest BCUT2D eigenvalue weighted by Crippen LogP contribution is -2.33. The number of anilines is 1. The lowest BCUT2D eigenvalue weighted by atomic mass is 9.99. The molecular formula is C20H20N4O4. The molecule has 2 N–H and O–H groups in total. The van der Waals surface area contributed by atoms with Crippen molar-refractivity contribution in [2.75, 3.05) is 5.32 Å². The molecular weight excluding hydrogens is 360 g/mol. The van der Waals surface area contributed by atoms with Crippen LogP contribution in [0.4, 0.5) is 10.5 Å². The van der Waals surface area contributed by atoms with Gasteiger partial charge in [-0.2, -0.15) is 10.4 Å². The number of hydrogen-bond acceptors (Lipinski definition) is 5. The van der Waals surface area contributed by atoms with Crippen molar-refractivity contribution < 1.29 is 19.4 Å². The fourth-order valence-corrected chi connectivity index (χ4v) is 4.09. The number of rotatable bonds is 5. The Balaban J connectivity index is 1.50. The first kappa shape index (κ1) is 18.0. The van der Waals surface area contributed by atoms with Crippen molar-refractivity contribution in [3.63, 3.8) is 0 Å². The minimum atomic E-state index is -1.41. The molecule has 8 heteroatoms. The number of nitriles is 1. The standard InChI is InChI=1S/C20H20N4O4/c21-10-14-7-8-24(23-14)11-17(19(25)26)28-20(27)22-18-15-5-1-3-12(15)9-13-4-2-6-16(13)18/h7-9,17H,1-6,11H2,(H,22,27)(H,25,26). The number of carbonyl (C=O) groups excluding carboxylic acids is 1. The lowest BCUT2D eigenvalue weighted by Gasteiger charge is -2.18. The van der Waals surface area contributed by atoms with E-state index in [9.17, 15) is 14.7 Å². The molecule has 0 spiro atoms. The van der Waals surface area contributed by atoms with E-state index < -0.39 is 18.2 Å². The topological polar surface area (TPSA) is 117 Å². The molecule has 2 aromatic rings. The predicted molar refractivity (Wildman–Crippen MR) is 99.0 cm³/mol. The molecule has 8 nitrogen and oxygen atoms in total. The van der Waals surface area contributed by atoms with Gasteiger partial charge < -0.3 is 9.84 Å². The molecule has 1 aromatic heterocycles. The second-order valence-electron chi connectivity index (χ2n) is 7.13. The first-order valence-corrected chi connectivity index (χ1v) is 9.35. The van der Waals surface area contributed by atoms with Crippen LogP contribution in [0.15, 0.2) is 18.3 Å². The minimum Gasteiger partial charge on any atom is -0.478 e. The zero-order valence-corrected chi connectivity index (χ0v) is 15.3. The molecule has 0 saturated carbocycles. The van der Waals surface area contributed by atoms with Crippen molar-refractivity contribution in [1.29, 1.82) is 5.26 Å². The minimum absolute atomic E-state index is 0.170. The number of aryl methyl sites for hydroxylation is 2. The van der Waals surface area contributed by atoms with Crippen LogP contribution in [0.2, 0.25) is 0 Å². The molecule has 1 aromatic carbocycles. The summed E-state index contributed by atoms with van der Waals surface area (Å²) in [5.41, 5.74) is 5.81. The van der Waals surface area contributed by atoms with Crippen molar-refractivity contribution in [3.05, 3.63) is 46.3 Å². The van der Waals surface area contributed by atoms with E-state index in [2.05, 4.69) is 16.5 Å². The van der Waals surface area contributed by atoms with Crippen LogP contribution in [0.3, 0.4) is 0 Å². The van der Waals surface area contributed by atoms with Gasteiger partial charge in [-0.15, -0.1) is 0 Å². The second-order valence-corrected chi connectivity index (χ2v) is 7.13. The smallest absolute Gasteiger partial charge is 0.412 e. The molecule has 1 amide bonds. The van der Waals surface area contributed by atoms with Crippen molar-refractivity contribution in [3.8, 4) is 6.07 Å². The first-order chi connectivity index (χ1) is 13.5. The molecule has 1 atom stereocenters. The normalized spacial score (nSPS) is 15.4. The highest BCUT2D eigenvalue weighted by molar-refractivity contribution is 5.90. The van der Waals surface area contributed by atoms with Gasteiger partial charge in [-0.1, -0.05) is 6.07 Å². The second kappa shape index (κ2) is 7.35. The third kappa shape index (κ3) is 3.43. The Morgan fingerprint density at radius 3 is 2.50 bits per heavy atom. The van der Waals surface area contributed by atoms with Crippen LogP contribution >= 0.6 is 0 Å². The van der Waals surface area contributed by atoms with Gasteiger partial charge in [0.2, 0.25) is 6.10 Å². The number of ether oxygens (including phenoxy) is 1. The molecule has 28 heavy (non-hydrogen) atoms. The number of amides is 1. The van der Waals surface area contributed by atoms with Gasteiger partial charge in [-0.3, -0.25) is 10.00 Å². The maximum atomic E-state index is 12.5. The Morgan fingerprint density at radius 2 is 1.93 bits per heavy atom. The zero-order chi connectivity index (χ0) is 19.7. The SMILES string of the molecule is N#Cc1ccn(CC(OC(=O)Nc2c3c(cc4c2CCC4)CCC3)C(=O)O)n1. The molecule has 144 valence electrons. The van der Waals surface area contributed by atoms with Crippen LogP contribution in [0, 0.1) is 11.3 Å². The molecule has 1 unspecified atom stereocenters. The van der Waals surface area contributed by atoms with E-state index in [0.717, 1.165) is 55.3 Å².